The predicted molar refractivity (Wildman–Crippen MR) is 107 cm³/mol. The van der Waals surface area contributed by atoms with Crippen LogP contribution >= 0.6 is 0 Å². The van der Waals surface area contributed by atoms with Crippen molar-refractivity contribution in [3.63, 3.8) is 0 Å². The van der Waals surface area contributed by atoms with E-state index in [0.717, 1.165) is 65.8 Å². The van der Waals surface area contributed by atoms with Crippen LogP contribution in [0.1, 0.15) is 45.1 Å². The van der Waals surface area contributed by atoms with Crippen LogP contribution in [0.4, 0.5) is 0 Å². The number of hydrogen-bond acceptors (Lipinski definition) is 3. The summed E-state index contributed by atoms with van der Waals surface area (Å²) in [6.07, 6.45) is 7.76. The van der Waals surface area contributed by atoms with E-state index in [0.29, 0.717) is 0 Å². The van der Waals surface area contributed by atoms with Gasteiger partial charge in [0.05, 0.1) is 12.2 Å². The van der Waals surface area contributed by atoms with Crippen LogP contribution in [0.2, 0.25) is 0 Å². The monoisotopic (exact) mass is 344 g/mol. The van der Waals surface area contributed by atoms with Crippen molar-refractivity contribution in [1.82, 2.24) is 9.97 Å². The quantitative estimate of drug-likeness (QED) is 0.429. The third-order valence-electron chi connectivity index (χ3n) is 4.10. The summed E-state index contributed by atoms with van der Waals surface area (Å²) in [5, 5.41) is 2.31. The van der Waals surface area contributed by atoms with Crippen molar-refractivity contribution in [3.05, 3.63) is 54.4 Å². The standard InChI is InChI=1S/C23H24N2O/c1-3-5-7-8-18-16-24-23(25-17-18)21-10-9-20-15-22(26-13-6-4-2)12-11-19(20)14-21/h9-12,14-17H,3-6,13H2,1-2H3. The van der Waals surface area contributed by atoms with Crippen molar-refractivity contribution in [3.8, 4) is 29.0 Å². The molecular weight excluding hydrogens is 320 g/mol. The zero-order chi connectivity index (χ0) is 18.2. The molecule has 1 heterocycles. The van der Waals surface area contributed by atoms with Gasteiger partial charge in [0.2, 0.25) is 0 Å². The normalized spacial score (nSPS) is 10.4. The Labute approximate surface area is 155 Å². The van der Waals surface area contributed by atoms with E-state index in [2.05, 4.69) is 66.0 Å². The SMILES string of the molecule is CCCC#Cc1cnc(-c2ccc3cc(OCCCC)ccc3c2)nc1. The highest BCUT2D eigenvalue weighted by molar-refractivity contribution is 5.87. The molecule has 0 amide bonds. The van der Waals surface area contributed by atoms with Gasteiger partial charge in [0.25, 0.3) is 0 Å². The van der Waals surface area contributed by atoms with E-state index in [4.69, 9.17) is 4.74 Å². The highest BCUT2D eigenvalue weighted by atomic mass is 16.5. The van der Waals surface area contributed by atoms with Gasteiger partial charge >= 0.3 is 0 Å². The second-order valence-electron chi connectivity index (χ2n) is 6.27. The Balaban J connectivity index is 1.78. The van der Waals surface area contributed by atoms with Gasteiger partial charge in [-0.3, -0.25) is 0 Å². The molecule has 0 unspecified atom stereocenters. The lowest BCUT2D eigenvalue weighted by Crippen LogP contribution is -1.96. The molecular formula is C23H24N2O. The molecule has 3 aromatic rings. The van der Waals surface area contributed by atoms with E-state index in [-0.39, 0.29) is 0 Å². The Hall–Kier alpha value is -2.86. The lowest BCUT2D eigenvalue weighted by atomic mass is 10.1. The molecule has 0 saturated heterocycles. The Morgan fingerprint density at radius 2 is 1.69 bits per heavy atom. The molecule has 0 aliphatic carbocycles. The van der Waals surface area contributed by atoms with E-state index in [9.17, 15) is 0 Å². The van der Waals surface area contributed by atoms with Crippen LogP contribution in [0.5, 0.6) is 5.75 Å². The number of nitrogens with zero attached hydrogens (tertiary/aromatic N) is 2. The second kappa shape index (κ2) is 9.01. The zero-order valence-electron chi connectivity index (χ0n) is 15.5. The van der Waals surface area contributed by atoms with Gasteiger partial charge in [-0.1, -0.05) is 50.3 Å². The Morgan fingerprint density at radius 3 is 2.46 bits per heavy atom. The van der Waals surface area contributed by atoms with E-state index in [1.807, 2.05) is 6.07 Å². The number of benzene rings is 2. The minimum Gasteiger partial charge on any atom is -0.494 e. The molecule has 3 nitrogen and oxygen atoms in total. The van der Waals surface area contributed by atoms with Crippen molar-refractivity contribution < 1.29 is 4.74 Å². The highest BCUT2D eigenvalue weighted by Crippen LogP contribution is 2.25. The molecule has 0 saturated carbocycles. The summed E-state index contributed by atoms with van der Waals surface area (Å²) in [6, 6.07) is 12.5. The topological polar surface area (TPSA) is 35.0 Å². The van der Waals surface area contributed by atoms with Crippen molar-refractivity contribution >= 4 is 10.8 Å². The first-order valence-electron chi connectivity index (χ1n) is 9.28. The largest absolute Gasteiger partial charge is 0.494 e. The minimum absolute atomic E-state index is 0.719. The number of fused-ring (bicyclic) bond motifs is 1. The van der Waals surface area contributed by atoms with Crippen molar-refractivity contribution in [2.24, 2.45) is 0 Å². The molecule has 0 radical (unpaired) electrons. The van der Waals surface area contributed by atoms with Crippen LogP contribution in [0.25, 0.3) is 22.2 Å². The van der Waals surface area contributed by atoms with Gasteiger partial charge in [-0.05, 0) is 41.8 Å². The number of aromatic nitrogens is 2. The predicted octanol–water partition coefficient (Wildman–Crippen LogP) is 5.63. The molecule has 0 N–H and O–H groups in total. The Bertz CT molecular complexity index is 920. The highest BCUT2D eigenvalue weighted by Gasteiger charge is 2.04. The van der Waals surface area contributed by atoms with Gasteiger partial charge < -0.3 is 4.74 Å². The third-order valence-corrected chi connectivity index (χ3v) is 4.10. The number of ether oxygens (including phenoxy) is 1. The van der Waals surface area contributed by atoms with Crippen LogP contribution in [-0.4, -0.2) is 16.6 Å². The van der Waals surface area contributed by atoms with Crippen LogP contribution in [0.3, 0.4) is 0 Å². The van der Waals surface area contributed by atoms with Crippen LogP contribution in [0, 0.1) is 11.8 Å². The van der Waals surface area contributed by atoms with E-state index < -0.39 is 0 Å². The van der Waals surface area contributed by atoms with Gasteiger partial charge in [-0.15, -0.1) is 0 Å². The summed E-state index contributed by atoms with van der Waals surface area (Å²) >= 11 is 0. The zero-order valence-corrected chi connectivity index (χ0v) is 15.5. The molecule has 3 rings (SSSR count). The maximum Gasteiger partial charge on any atom is 0.159 e. The number of hydrogen-bond donors (Lipinski definition) is 0. The lowest BCUT2D eigenvalue weighted by molar-refractivity contribution is 0.310. The molecule has 0 fully saturated rings. The lowest BCUT2D eigenvalue weighted by Gasteiger charge is -2.07. The molecule has 2 aromatic carbocycles. The number of rotatable bonds is 6. The first-order chi connectivity index (χ1) is 12.8. The van der Waals surface area contributed by atoms with Gasteiger partial charge in [0, 0.05) is 24.4 Å². The molecule has 0 atom stereocenters. The summed E-state index contributed by atoms with van der Waals surface area (Å²) in [5.41, 5.74) is 1.86. The maximum absolute atomic E-state index is 5.79. The van der Waals surface area contributed by atoms with Gasteiger partial charge in [-0.25, -0.2) is 9.97 Å². The first-order valence-corrected chi connectivity index (χ1v) is 9.28. The minimum atomic E-state index is 0.719. The fraction of sp³-hybridized carbons (Fsp3) is 0.304. The Morgan fingerprint density at radius 1 is 0.923 bits per heavy atom. The fourth-order valence-corrected chi connectivity index (χ4v) is 2.62. The number of unbranched alkanes of at least 4 members (excludes halogenated alkanes) is 2. The second-order valence-corrected chi connectivity index (χ2v) is 6.27. The smallest absolute Gasteiger partial charge is 0.159 e. The molecule has 0 spiro atoms. The summed E-state index contributed by atoms with van der Waals surface area (Å²) in [4.78, 5) is 8.93. The van der Waals surface area contributed by atoms with E-state index >= 15 is 0 Å². The average Bonchev–Trinajstić information content (AvgIpc) is 2.68. The third kappa shape index (κ3) is 4.61. The van der Waals surface area contributed by atoms with Crippen molar-refractivity contribution in [2.45, 2.75) is 39.5 Å². The first kappa shape index (κ1) is 17.9. The van der Waals surface area contributed by atoms with Crippen LogP contribution in [-0.2, 0) is 0 Å². The summed E-state index contributed by atoms with van der Waals surface area (Å²) in [6.45, 7) is 5.05. The summed E-state index contributed by atoms with van der Waals surface area (Å²) in [5.74, 6) is 7.85. The molecule has 0 bridgehead atoms. The van der Waals surface area contributed by atoms with E-state index in [1.165, 1.54) is 0 Å². The van der Waals surface area contributed by atoms with Crippen LogP contribution < -0.4 is 4.74 Å². The molecule has 0 aliphatic heterocycles. The van der Waals surface area contributed by atoms with Crippen LogP contribution in [0.15, 0.2) is 48.8 Å². The molecule has 132 valence electrons. The average molecular weight is 344 g/mol. The summed E-state index contributed by atoms with van der Waals surface area (Å²) < 4.78 is 5.79. The Kier molecular flexibility index (Phi) is 6.22. The molecule has 0 aliphatic rings. The van der Waals surface area contributed by atoms with E-state index in [1.54, 1.807) is 12.4 Å². The van der Waals surface area contributed by atoms with Crippen molar-refractivity contribution in [2.75, 3.05) is 6.61 Å². The molecule has 1 aromatic heterocycles. The van der Waals surface area contributed by atoms with Crippen molar-refractivity contribution in [1.29, 1.82) is 0 Å². The maximum atomic E-state index is 5.79. The molecule has 26 heavy (non-hydrogen) atoms. The van der Waals surface area contributed by atoms with Gasteiger partial charge in [0.15, 0.2) is 5.82 Å². The molecule has 3 heteroatoms. The van der Waals surface area contributed by atoms with Gasteiger partial charge in [-0.2, -0.15) is 0 Å². The summed E-state index contributed by atoms with van der Waals surface area (Å²) in [7, 11) is 0. The fourth-order valence-electron chi connectivity index (χ4n) is 2.62. The van der Waals surface area contributed by atoms with Gasteiger partial charge in [0.1, 0.15) is 5.75 Å².